The second-order valence-corrected chi connectivity index (χ2v) is 4.89. The lowest BCUT2D eigenvalue weighted by Gasteiger charge is -2.06. The van der Waals surface area contributed by atoms with Crippen LogP contribution in [0, 0.1) is 0 Å². The van der Waals surface area contributed by atoms with E-state index in [4.69, 9.17) is 5.73 Å². The zero-order valence-electron chi connectivity index (χ0n) is 9.47. The molecule has 2 aromatic heterocycles. The van der Waals surface area contributed by atoms with Gasteiger partial charge in [-0.1, -0.05) is 22.0 Å². The first-order valence-electron chi connectivity index (χ1n) is 5.51. The van der Waals surface area contributed by atoms with E-state index in [1.807, 2.05) is 42.5 Å². The van der Waals surface area contributed by atoms with E-state index < -0.39 is 0 Å². The van der Waals surface area contributed by atoms with Crippen molar-refractivity contribution in [2.24, 2.45) is 0 Å². The first-order chi connectivity index (χ1) is 8.74. The van der Waals surface area contributed by atoms with Gasteiger partial charge in [-0.3, -0.25) is 4.98 Å². The number of nitrogen functional groups attached to an aromatic ring is 1. The van der Waals surface area contributed by atoms with E-state index in [9.17, 15) is 0 Å². The van der Waals surface area contributed by atoms with Gasteiger partial charge in [0.1, 0.15) is 5.82 Å². The maximum absolute atomic E-state index is 5.99. The summed E-state index contributed by atoms with van der Waals surface area (Å²) in [6, 6.07) is 13.7. The molecular weight excluding hydrogens is 290 g/mol. The Balaban J connectivity index is 2.27. The Bertz CT molecular complexity index is 711. The summed E-state index contributed by atoms with van der Waals surface area (Å²) >= 11 is 3.46. The van der Waals surface area contributed by atoms with Gasteiger partial charge < -0.3 is 5.73 Å². The van der Waals surface area contributed by atoms with Crippen molar-refractivity contribution in [2.75, 3.05) is 5.73 Å². The molecule has 88 valence electrons. The average molecular weight is 300 g/mol. The highest BCUT2D eigenvalue weighted by atomic mass is 79.9. The molecule has 1 aromatic carbocycles. The van der Waals surface area contributed by atoms with Crippen molar-refractivity contribution in [1.29, 1.82) is 0 Å². The SMILES string of the molecule is Nc1nc(-c2ccccn2)cc2cc(Br)ccc12. The van der Waals surface area contributed by atoms with Crippen molar-refractivity contribution in [3.63, 3.8) is 0 Å². The number of nitrogens with zero attached hydrogens (tertiary/aromatic N) is 2. The van der Waals surface area contributed by atoms with E-state index in [1.54, 1.807) is 6.20 Å². The summed E-state index contributed by atoms with van der Waals surface area (Å²) in [5, 5.41) is 2.01. The molecule has 0 amide bonds. The summed E-state index contributed by atoms with van der Waals surface area (Å²) in [5.74, 6) is 0.528. The number of nitrogens with two attached hydrogens (primary N) is 1. The number of hydrogen-bond acceptors (Lipinski definition) is 3. The molecule has 3 nitrogen and oxygen atoms in total. The standard InChI is InChI=1S/C14H10BrN3/c15-10-4-5-11-9(7-10)8-13(18-14(11)16)12-3-1-2-6-17-12/h1-8H,(H2,16,18). The Labute approximate surface area is 113 Å². The summed E-state index contributed by atoms with van der Waals surface area (Å²) < 4.78 is 1.02. The third-order valence-electron chi connectivity index (χ3n) is 2.75. The third kappa shape index (κ3) is 1.95. The zero-order chi connectivity index (χ0) is 12.5. The van der Waals surface area contributed by atoms with E-state index in [1.165, 1.54) is 0 Å². The fourth-order valence-electron chi connectivity index (χ4n) is 1.90. The van der Waals surface area contributed by atoms with Crippen LogP contribution >= 0.6 is 15.9 Å². The number of benzene rings is 1. The molecule has 0 saturated carbocycles. The molecule has 0 aliphatic carbocycles. The first kappa shape index (κ1) is 11.2. The number of halogens is 1. The number of anilines is 1. The van der Waals surface area contributed by atoms with E-state index in [0.717, 1.165) is 26.6 Å². The lowest BCUT2D eigenvalue weighted by atomic mass is 10.1. The van der Waals surface area contributed by atoms with Crippen molar-refractivity contribution in [2.45, 2.75) is 0 Å². The van der Waals surface area contributed by atoms with E-state index in [0.29, 0.717) is 5.82 Å². The summed E-state index contributed by atoms with van der Waals surface area (Å²) in [6.45, 7) is 0. The van der Waals surface area contributed by atoms with Crippen LogP contribution in [0.15, 0.2) is 53.1 Å². The fraction of sp³-hybridized carbons (Fsp3) is 0. The lowest BCUT2D eigenvalue weighted by molar-refractivity contribution is 1.26. The summed E-state index contributed by atoms with van der Waals surface area (Å²) in [4.78, 5) is 8.69. The summed E-state index contributed by atoms with van der Waals surface area (Å²) in [5.41, 5.74) is 7.61. The van der Waals surface area contributed by atoms with Crippen LogP contribution in [0.4, 0.5) is 5.82 Å². The predicted octanol–water partition coefficient (Wildman–Crippen LogP) is 3.64. The highest BCUT2D eigenvalue weighted by Crippen LogP contribution is 2.27. The Hall–Kier alpha value is -1.94. The molecule has 2 N–H and O–H groups in total. The molecular formula is C14H10BrN3. The molecule has 4 heteroatoms. The molecule has 2 heterocycles. The van der Waals surface area contributed by atoms with Crippen molar-refractivity contribution in [1.82, 2.24) is 9.97 Å². The van der Waals surface area contributed by atoms with Crippen LogP contribution < -0.4 is 5.73 Å². The van der Waals surface area contributed by atoms with Crippen molar-refractivity contribution >= 4 is 32.5 Å². The Morgan fingerprint density at radius 3 is 2.67 bits per heavy atom. The molecule has 0 radical (unpaired) electrons. The van der Waals surface area contributed by atoms with Gasteiger partial charge in [0.15, 0.2) is 0 Å². The van der Waals surface area contributed by atoms with Gasteiger partial charge in [-0.05, 0) is 41.8 Å². The van der Waals surface area contributed by atoms with Gasteiger partial charge in [0.05, 0.1) is 11.4 Å². The van der Waals surface area contributed by atoms with Crippen molar-refractivity contribution < 1.29 is 0 Å². The predicted molar refractivity (Wildman–Crippen MR) is 77.1 cm³/mol. The van der Waals surface area contributed by atoms with Gasteiger partial charge in [-0.25, -0.2) is 4.98 Å². The van der Waals surface area contributed by atoms with Gasteiger partial charge in [0, 0.05) is 16.1 Å². The largest absolute Gasteiger partial charge is 0.383 e. The molecule has 0 unspecified atom stereocenters. The van der Waals surface area contributed by atoms with E-state index in [2.05, 4.69) is 25.9 Å². The average Bonchev–Trinajstić information content (AvgIpc) is 2.39. The normalized spacial score (nSPS) is 10.7. The molecule has 0 aliphatic rings. The number of rotatable bonds is 1. The second-order valence-electron chi connectivity index (χ2n) is 3.97. The highest BCUT2D eigenvalue weighted by Gasteiger charge is 2.06. The smallest absolute Gasteiger partial charge is 0.132 e. The van der Waals surface area contributed by atoms with Gasteiger partial charge in [0.25, 0.3) is 0 Å². The Kier molecular flexibility index (Phi) is 2.72. The topological polar surface area (TPSA) is 51.8 Å². The van der Waals surface area contributed by atoms with Crippen molar-refractivity contribution in [3.8, 4) is 11.4 Å². The minimum Gasteiger partial charge on any atom is -0.383 e. The summed E-state index contributed by atoms with van der Waals surface area (Å²) in [6.07, 6.45) is 1.75. The maximum Gasteiger partial charge on any atom is 0.132 e. The maximum atomic E-state index is 5.99. The molecule has 18 heavy (non-hydrogen) atoms. The van der Waals surface area contributed by atoms with E-state index >= 15 is 0 Å². The minimum atomic E-state index is 0.528. The molecule has 3 aromatic rings. The molecule has 0 spiro atoms. The lowest BCUT2D eigenvalue weighted by Crippen LogP contribution is -1.95. The van der Waals surface area contributed by atoms with Gasteiger partial charge in [-0.2, -0.15) is 0 Å². The monoisotopic (exact) mass is 299 g/mol. The van der Waals surface area contributed by atoms with Gasteiger partial charge in [-0.15, -0.1) is 0 Å². The number of hydrogen-bond donors (Lipinski definition) is 1. The van der Waals surface area contributed by atoms with Crippen LogP contribution in [-0.2, 0) is 0 Å². The molecule has 0 fully saturated rings. The molecule has 0 saturated heterocycles. The zero-order valence-corrected chi connectivity index (χ0v) is 11.1. The van der Waals surface area contributed by atoms with Crippen LogP contribution in [0.2, 0.25) is 0 Å². The molecule has 0 aliphatic heterocycles. The second kappa shape index (κ2) is 4.38. The van der Waals surface area contributed by atoms with Crippen LogP contribution in [0.25, 0.3) is 22.2 Å². The Morgan fingerprint density at radius 2 is 1.89 bits per heavy atom. The Morgan fingerprint density at radius 1 is 1.00 bits per heavy atom. The first-order valence-corrected chi connectivity index (χ1v) is 6.30. The molecule has 0 atom stereocenters. The van der Waals surface area contributed by atoms with Crippen LogP contribution in [0.1, 0.15) is 0 Å². The molecule has 3 rings (SSSR count). The number of fused-ring (bicyclic) bond motifs is 1. The summed E-state index contributed by atoms with van der Waals surface area (Å²) in [7, 11) is 0. The number of aromatic nitrogens is 2. The van der Waals surface area contributed by atoms with Gasteiger partial charge >= 0.3 is 0 Å². The minimum absolute atomic E-state index is 0.528. The van der Waals surface area contributed by atoms with Crippen LogP contribution in [0.3, 0.4) is 0 Å². The van der Waals surface area contributed by atoms with Crippen LogP contribution in [-0.4, -0.2) is 9.97 Å². The van der Waals surface area contributed by atoms with Crippen molar-refractivity contribution in [3.05, 3.63) is 53.1 Å². The quantitative estimate of drug-likeness (QED) is 0.746. The fourth-order valence-corrected chi connectivity index (χ4v) is 2.28. The third-order valence-corrected chi connectivity index (χ3v) is 3.24. The highest BCUT2D eigenvalue weighted by molar-refractivity contribution is 9.10. The molecule has 0 bridgehead atoms. The number of pyridine rings is 2. The van der Waals surface area contributed by atoms with Gasteiger partial charge in [0.2, 0.25) is 0 Å². The van der Waals surface area contributed by atoms with E-state index in [-0.39, 0.29) is 0 Å². The van der Waals surface area contributed by atoms with Crippen LogP contribution in [0.5, 0.6) is 0 Å².